The van der Waals surface area contributed by atoms with E-state index in [4.69, 9.17) is 11.6 Å². The van der Waals surface area contributed by atoms with Crippen LogP contribution in [0.3, 0.4) is 0 Å². The standard InChI is InChI=1S/C15H19ClN4OS2/c1-4-7-17-14-19-20-15(23-14)22-10(3)13(21)18-12-8-11(16)6-5-9(12)2/h5-6,8,10H,4,7H2,1-3H3,(H,17,19)(H,18,21). The van der Waals surface area contributed by atoms with E-state index in [-0.39, 0.29) is 11.2 Å². The van der Waals surface area contributed by atoms with Crippen LogP contribution in [-0.4, -0.2) is 27.9 Å². The number of thioether (sulfide) groups is 1. The maximum atomic E-state index is 12.3. The first kappa shape index (κ1) is 18.0. The summed E-state index contributed by atoms with van der Waals surface area (Å²) < 4.78 is 0.772. The summed E-state index contributed by atoms with van der Waals surface area (Å²) in [6, 6.07) is 5.44. The molecule has 1 heterocycles. The summed E-state index contributed by atoms with van der Waals surface area (Å²) in [6.45, 7) is 6.73. The van der Waals surface area contributed by atoms with E-state index >= 15 is 0 Å². The van der Waals surface area contributed by atoms with Gasteiger partial charge in [-0.25, -0.2) is 0 Å². The highest BCUT2D eigenvalue weighted by atomic mass is 35.5. The quantitative estimate of drug-likeness (QED) is 0.705. The second kappa shape index (κ2) is 8.52. The molecule has 1 amide bonds. The van der Waals surface area contributed by atoms with Crippen molar-refractivity contribution in [2.45, 2.75) is 36.8 Å². The third-order valence-electron chi connectivity index (χ3n) is 3.04. The van der Waals surface area contributed by atoms with Crippen LogP contribution in [0, 0.1) is 6.92 Å². The van der Waals surface area contributed by atoms with Gasteiger partial charge in [0.05, 0.1) is 5.25 Å². The minimum atomic E-state index is -0.277. The fourth-order valence-electron chi connectivity index (χ4n) is 1.73. The lowest BCUT2D eigenvalue weighted by atomic mass is 10.2. The van der Waals surface area contributed by atoms with Crippen LogP contribution in [0.5, 0.6) is 0 Å². The van der Waals surface area contributed by atoms with Gasteiger partial charge in [-0.05, 0) is 38.0 Å². The van der Waals surface area contributed by atoms with Gasteiger partial charge in [-0.1, -0.05) is 47.7 Å². The Hall–Kier alpha value is -1.31. The molecule has 124 valence electrons. The molecule has 0 radical (unpaired) electrons. The van der Waals surface area contributed by atoms with E-state index in [0.29, 0.717) is 5.02 Å². The number of aryl methyl sites for hydroxylation is 1. The van der Waals surface area contributed by atoms with E-state index in [9.17, 15) is 4.79 Å². The van der Waals surface area contributed by atoms with Crippen molar-refractivity contribution in [1.29, 1.82) is 0 Å². The molecule has 8 heteroatoms. The molecule has 0 aliphatic heterocycles. The first-order valence-electron chi connectivity index (χ1n) is 7.30. The zero-order chi connectivity index (χ0) is 16.8. The van der Waals surface area contributed by atoms with Crippen LogP contribution in [0.1, 0.15) is 25.8 Å². The van der Waals surface area contributed by atoms with Gasteiger partial charge < -0.3 is 10.6 Å². The summed E-state index contributed by atoms with van der Waals surface area (Å²) >= 11 is 8.83. The molecule has 0 bridgehead atoms. The van der Waals surface area contributed by atoms with Crippen molar-refractivity contribution in [3.63, 3.8) is 0 Å². The Morgan fingerprint density at radius 2 is 2.22 bits per heavy atom. The van der Waals surface area contributed by atoms with E-state index < -0.39 is 0 Å². The van der Waals surface area contributed by atoms with Crippen molar-refractivity contribution >= 4 is 51.4 Å². The minimum Gasteiger partial charge on any atom is -0.360 e. The molecule has 0 spiro atoms. The monoisotopic (exact) mass is 370 g/mol. The molecule has 2 aromatic rings. The highest BCUT2D eigenvalue weighted by Gasteiger charge is 2.18. The third kappa shape index (κ3) is 5.37. The van der Waals surface area contributed by atoms with Gasteiger partial charge in [-0.15, -0.1) is 10.2 Å². The Bertz CT molecular complexity index is 677. The SMILES string of the molecule is CCCNc1nnc(SC(C)C(=O)Nc2cc(Cl)ccc2C)s1. The predicted octanol–water partition coefficient (Wildman–Crippen LogP) is 4.44. The molecule has 5 nitrogen and oxygen atoms in total. The largest absolute Gasteiger partial charge is 0.360 e. The fourth-order valence-corrected chi connectivity index (χ4v) is 3.82. The van der Waals surface area contributed by atoms with E-state index in [1.54, 1.807) is 12.1 Å². The molecular formula is C15H19ClN4OS2. The highest BCUT2D eigenvalue weighted by molar-refractivity contribution is 8.02. The van der Waals surface area contributed by atoms with Gasteiger partial charge in [0.2, 0.25) is 11.0 Å². The molecule has 0 saturated carbocycles. The fraction of sp³-hybridized carbons (Fsp3) is 0.400. The third-order valence-corrected chi connectivity index (χ3v) is 5.34. The maximum Gasteiger partial charge on any atom is 0.237 e. The van der Waals surface area contributed by atoms with Gasteiger partial charge >= 0.3 is 0 Å². The van der Waals surface area contributed by atoms with Crippen LogP contribution >= 0.6 is 34.7 Å². The molecule has 1 atom stereocenters. The topological polar surface area (TPSA) is 66.9 Å². The van der Waals surface area contributed by atoms with E-state index in [1.807, 2.05) is 19.9 Å². The average Bonchev–Trinajstić information content (AvgIpc) is 2.96. The highest BCUT2D eigenvalue weighted by Crippen LogP contribution is 2.30. The van der Waals surface area contributed by atoms with Gasteiger partial charge in [-0.2, -0.15) is 0 Å². The van der Waals surface area contributed by atoms with Crippen molar-refractivity contribution in [3.8, 4) is 0 Å². The van der Waals surface area contributed by atoms with Crippen molar-refractivity contribution in [1.82, 2.24) is 10.2 Å². The molecule has 23 heavy (non-hydrogen) atoms. The number of anilines is 2. The number of carbonyl (C=O) groups excluding carboxylic acids is 1. The molecule has 1 aromatic heterocycles. The van der Waals surface area contributed by atoms with E-state index in [1.165, 1.54) is 23.1 Å². The average molecular weight is 371 g/mol. The normalized spacial score (nSPS) is 12.0. The van der Waals surface area contributed by atoms with Crippen molar-refractivity contribution in [2.24, 2.45) is 0 Å². The molecular weight excluding hydrogens is 352 g/mol. The van der Waals surface area contributed by atoms with Gasteiger partial charge in [0.25, 0.3) is 0 Å². The summed E-state index contributed by atoms with van der Waals surface area (Å²) in [5.74, 6) is -0.0846. The lowest BCUT2D eigenvalue weighted by Gasteiger charge is -2.12. The summed E-state index contributed by atoms with van der Waals surface area (Å²) in [7, 11) is 0. The summed E-state index contributed by atoms with van der Waals surface area (Å²) in [5.41, 5.74) is 1.71. The van der Waals surface area contributed by atoms with Crippen LogP contribution in [-0.2, 0) is 4.79 Å². The van der Waals surface area contributed by atoms with E-state index in [2.05, 4.69) is 27.8 Å². The smallest absolute Gasteiger partial charge is 0.237 e. The molecule has 2 rings (SSSR count). The first-order valence-corrected chi connectivity index (χ1v) is 9.38. The second-order valence-corrected chi connectivity index (χ2v) is 8.01. The molecule has 0 fully saturated rings. The number of benzene rings is 1. The second-order valence-electron chi connectivity index (χ2n) is 5.01. The number of carbonyl (C=O) groups is 1. The lowest BCUT2D eigenvalue weighted by molar-refractivity contribution is -0.115. The Morgan fingerprint density at radius 1 is 1.43 bits per heavy atom. The lowest BCUT2D eigenvalue weighted by Crippen LogP contribution is -2.22. The Labute approximate surface area is 149 Å². The number of rotatable bonds is 7. The number of halogens is 1. The number of aromatic nitrogens is 2. The van der Waals surface area contributed by atoms with Crippen molar-refractivity contribution in [2.75, 3.05) is 17.2 Å². The van der Waals surface area contributed by atoms with E-state index in [0.717, 1.165) is 33.7 Å². The molecule has 1 aromatic carbocycles. The number of hydrogen-bond acceptors (Lipinski definition) is 6. The summed E-state index contributed by atoms with van der Waals surface area (Å²) in [6.07, 6.45) is 1.03. The molecule has 0 saturated heterocycles. The van der Waals surface area contributed by atoms with Gasteiger partial charge in [0, 0.05) is 17.3 Å². The minimum absolute atomic E-state index is 0.0846. The van der Waals surface area contributed by atoms with Crippen molar-refractivity contribution < 1.29 is 4.79 Å². The Balaban J connectivity index is 1.94. The van der Waals surface area contributed by atoms with Gasteiger partial charge in [0.1, 0.15) is 0 Å². The number of hydrogen-bond donors (Lipinski definition) is 2. The Morgan fingerprint density at radius 3 is 2.96 bits per heavy atom. The summed E-state index contributed by atoms with van der Waals surface area (Å²) in [4.78, 5) is 12.3. The van der Waals surface area contributed by atoms with Crippen LogP contribution < -0.4 is 10.6 Å². The molecule has 1 unspecified atom stereocenters. The van der Waals surface area contributed by atoms with Crippen LogP contribution in [0.4, 0.5) is 10.8 Å². The zero-order valence-corrected chi connectivity index (χ0v) is 15.6. The molecule has 2 N–H and O–H groups in total. The number of amides is 1. The number of nitrogens with one attached hydrogen (secondary N) is 2. The van der Waals surface area contributed by atoms with Crippen LogP contribution in [0.25, 0.3) is 0 Å². The number of nitrogens with zero attached hydrogens (tertiary/aromatic N) is 2. The van der Waals surface area contributed by atoms with Crippen LogP contribution in [0.15, 0.2) is 22.5 Å². The zero-order valence-electron chi connectivity index (χ0n) is 13.2. The predicted molar refractivity (Wildman–Crippen MR) is 98.8 cm³/mol. The molecule has 0 aliphatic rings. The van der Waals surface area contributed by atoms with Gasteiger partial charge in [0.15, 0.2) is 4.34 Å². The van der Waals surface area contributed by atoms with Crippen LogP contribution in [0.2, 0.25) is 5.02 Å². The van der Waals surface area contributed by atoms with Gasteiger partial charge in [-0.3, -0.25) is 4.79 Å². The Kier molecular flexibility index (Phi) is 6.68. The maximum absolute atomic E-state index is 12.3. The van der Waals surface area contributed by atoms with Crippen molar-refractivity contribution in [3.05, 3.63) is 28.8 Å². The first-order chi connectivity index (χ1) is 11.0. The molecule has 0 aliphatic carbocycles. The summed E-state index contributed by atoms with van der Waals surface area (Å²) in [5, 5.41) is 15.4.